The normalized spacial score (nSPS) is 11.1. The van der Waals surface area contributed by atoms with E-state index in [2.05, 4.69) is 0 Å². The summed E-state index contributed by atoms with van der Waals surface area (Å²) < 4.78 is 36.0. The SMILES string of the molecule is O=C(O)c1ccc(Oc2ccc(S(=O)(=O)O)cc2)cc1. The van der Waals surface area contributed by atoms with Gasteiger partial charge in [0.1, 0.15) is 11.5 Å². The van der Waals surface area contributed by atoms with Crippen LogP contribution in [0.5, 0.6) is 11.5 Å². The van der Waals surface area contributed by atoms with Gasteiger partial charge in [0, 0.05) is 0 Å². The quantitative estimate of drug-likeness (QED) is 0.840. The summed E-state index contributed by atoms with van der Waals surface area (Å²) in [5.41, 5.74) is 0.138. The molecule has 0 spiro atoms. The fraction of sp³-hybridized carbons (Fsp3) is 0. The maximum Gasteiger partial charge on any atom is 0.335 e. The molecular weight excluding hydrogens is 284 g/mol. The number of carbonyl (C=O) groups is 1. The Balaban J connectivity index is 2.16. The van der Waals surface area contributed by atoms with Crippen molar-refractivity contribution in [3.05, 3.63) is 54.1 Å². The Bertz CT molecular complexity index is 716. The lowest BCUT2D eigenvalue weighted by atomic mass is 10.2. The van der Waals surface area contributed by atoms with Crippen LogP contribution in [0.2, 0.25) is 0 Å². The number of carboxylic acid groups (broad SMARTS) is 1. The van der Waals surface area contributed by atoms with Crippen LogP contribution in [-0.2, 0) is 10.1 Å². The number of carboxylic acids is 1. The van der Waals surface area contributed by atoms with Gasteiger partial charge >= 0.3 is 5.97 Å². The largest absolute Gasteiger partial charge is 0.478 e. The van der Waals surface area contributed by atoms with E-state index in [9.17, 15) is 13.2 Å². The molecule has 6 nitrogen and oxygen atoms in total. The monoisotopic (exact) mass is 294 g/mol. The van der Waals surface area contributed by atoms with Crippen molar-refractivity contribution in [1.29, 1.82) is 0 Å². The summed E-state index contributed by atoms with van der Waals surface area (Å²) in [5.74, 6) is -0.260. The van der Waals surface area contributed by atoms with Gasteiger partial charge in [-0.1, -0.05) is 0 Å². The van der Waals surface area contributed by atoms with Gasteiger partial charge < -0.3 is 9.84 Å². The first kappa shape index (κ1) is 14.0. The Morgan fingerprint density at radius 2 is 1.35 bits per heavy atom. The second-order valence-electron chi connectivity index (χ2n) is 3.88. The van der Waals surface area contributed by atoms with Crippen LogP contribution in [0.4, 0.5) is 0 Å². The van der Waals surface area contributed by atoms with Crippen molar-refractivity contribution >= 4 is 16.1 Å². The average Bonchev–Trinajstić information content (AvgIpc) is 2.39. The molecule has 0 radical (unpaired) electrons. The molecule has 0 aromatic heterocycles. The van der Waals surface area contributed by atoms with Crippen molar-refractivity contribution in [2.75, 3.05) is 0 Å². The molecular formula is C13H10O6S. The minimum absolute atomic E-state index is 0.138. The Kier molecular flexibility index (Phi) is 3.73. The third-order valence-corrected chi connectivity index (χ3v) is 3.33. The Labute approximate surface area is 115 Å². The molecule has 0 aliphatic rings. The summed E-state index contributed by atoms with van der Waals surface area (Å²) in [6, 6.07) is 10.9. The van der Waals surface area contributed by atoms with Crippen LogP contribution in [0.25, 0.3) is 0 Å². The van der Waals surface area contributed by atoms with Crippen molar-refractivity contribution < 1.29 is 27.6 Å². The molecule has 0 unspecified atom stereocenters. The predicted molar refractivity (Wildman–Crippen MR) is 69.7 cm³/mol. The van der Waals surface area contributed by atoms with E-state index < -0.39 is 16.1 Å². The summed E-state index contributed by atoms with van der Waals surface area (Å²) in [6.07, 6.45) is 0. The summed E-state index contributed by atoms with van der Waals surface area (Å²) in [6.45, 7) is 0. The van der Waals surface area contributed by atoms with Crippen LogP contribution < -0.4 is 4.74 Å². The first-order valence-corrected chi connectivity index (χ1v) is 6.89. The molecule has 0 heterocycles. The molecule has 0 saturated carbocycles. The van der Waals surface area contributed by atoms with E-state index in [4.69, 9.17) is 14.4 Å². The van der Waals surface area contributed by atoms with E-state index in [0.29, 0.717) is 11.5 Å². The Morgan fingerprint density at radius 1 is 0.900 bits per heavy atom. The highest BCUT2D eigenvalue weighted by molar-refractivity contribution is 7.85. The first-order chi connectivity index (χ1) is 9.36. The van der Waals surface area contributed by atoms with Gasteiger partial charge in [0.25, 0.3) is 10.1 Å². The highest BCUT2D eigenvalue weighted by Gasteiger charge is 2.09. The molecule has 0 atom stereocenters. The van der Waals surface area contributed by atoms with Crippen molar-refractivity contribution in [3.8, 4) is 11.5 Å². The number of rotatable bonds is 4. The van der Waals surface area contributed by atoms with Crippen LogP contribution in [0.3, 0.4) is 0 Å². The van der Waals surface area contributed by atoms with E-state index in [0.717, 1.165) is 0 Å². The van der Waals surface area contributed by atoms with Crippen LogP contribution in [0.15, 0.2) is 53.4 Å². The molecule has 2 N–H and O–H groups in total. The molecule has 0 fully saturated rings. The zero-order valence-electron chi connectivity index (χ0n) is 10.1. The third-order valence-electron chi connectivity index (χ3n) is 2.46. The smallest absolute Gasteiger partial charge is 0.335 e. The zero-order chi connectivity index (χ0) is 14.8. The average molecular weight is 294 g/mol. The highest BCUT2D eigenvalue weighted by Crippen LogP contribution is 2.23. The van der Waals surface area contributed by atoms with Crippen molar-refractivity contribution in [2.24, 2.45) is 0 Å². The predicted octanol–water partition coefficient (Wildman–Crippen LogP) is 2.42. The lowest BCUT2D eigenvalue weighted by Crippen LogP contribution is -1.97. The second-order valence-corrected chi connectivity index (χ2v) is 5.30. The van der Waals surface area contributed by atoms with Gasteiger partial charge in [-0.2, -0.15) is 8.42 Å². The Morgan fingerprint density at radius 3 is 1.75 bits per heavy atom. The molecule has 0 bridgehead atoms. The van der Waals surface area contributed by atoms with Gasteiger partial charge in [0.15, 0.2) is 0 Å². The van der Waals surface area contributed by atoms with Crippen molar-refractivity contribution in [3.63, 3.8) is 0 Å². The number of aromatic carboxylic acids is 1. The fourth-order valence-corrected chi connectivity index (χ4v) is 1.96. The number of benzene rings is 2. The highest BCUT2D eigenvalue weighted by atomic mass is 32.2. The molecule has 2 aromatic carbocycles. The molecule has 2 rings (SSSR count). The summed E-state index contributed by atoms with van der Waals surface area (Å²) >= 11 is 0. The zero-order valence-corrected chi connectivity index (χ0v) is 10.9. The van der Waals surface area contributed by atoms with Crippen LogP contribution in [0.1, 0.15) is 10.4 Å². The summed E-state index contributed by atoms with van der Waals surface area (Å²) in [4.78, 5) is 10.5. The van der Waals surface area contributed by atoms with Crippen molar-refractivity contribution in [1.82, 2.24) is 0 Å². The minimum atomic E-state index is -4.23. The van der Waals surface area contributed by atoms with E-state index in [-0.39, 0.29) is 10.5 Å². The van der Waals surface area contributed by atoms with Gasteiger partial charge in [-0.25, -0.2) is 4.79 Å². The first-order valence-electron chi connectivity index (χ1n) is 5.45. The van der Waals surface area contributed by atoms with Gasteiger partial charge in [0.2, 0.25) is 0 Å². The maximum atomic E-state index is 10.9. The Hall–Kier alpha value is -2.38. The molecule has 20 heavy (non-hydrogen) atoms. The molecule has 0 aliphatic carbocycles. The van der Waals surface area contributed by atoms with Crippen LogP contribution in [-0.4, -0.2) is 24.0 Å². The van der Waals surface area contributed by atoms with E-state index in [1.807, 2.05) is 0 Å². The molecule has 7 heteroatoms. The molecule has 0 saturated heterocycles. The van der Waals surface area contributed by atoms with Crippen LogP contribution in [0, 0.1) is 0 Å². The molecule has 104 valence electrons. The van der Waals surface area contributed by atoms with Gasteiger partial charge in [0.05, 0.1) is 10.5 Å². The number of hydrogen-bond donors (Lipinski definition) is 2. The molecule has 2 aromatic rings. The molecule has 0 amide bonds. The number of ether oxygens (including phenoxy) is 1. The van der Waals surface area contributed by atoms with Gasteiger partial charge in [-0.05, 0) is 48.5 Å². The topological polar surface area (TPSA) is 101 Å². The molecule has 0 aliphatic heterocycles. The van der Waals surface area contributed by atoms with Gasteiger partial charge in [-0.15, -0.1) is 0 Å². The standard InChI is InChI=1S/C13H10O6S/c14-13(15)9-1-3-10(4-2-9)19-11-5-7-12(8-6-11)20(16,17)18/h1-8H,(H,14,15)(H,16,17,18). The van der Waals surface area contributed by atoms with E-state index in [1.165, 1.54) is 48.5 Å². The maximum absolute atomic E-state index is 10.9. The van der Waals surface area contributed by atoms with Gasteiger partial charge in [-0.3, -0.25) is 4.55 Å². The lowest BCUT2D eigenvalue weighted by Gasteiger charge is -2.06. The fourth-order valence-electron chi connectivity index (χ4n) is 1.48. The van der Waals surface area contributed by atoms with Crippen LogP contribution >= 0.6 is 0 Å². The van der Waals surface area contributed by atoms with E-state index in [1.54, 1.807) is 0 Å². The van der Waals surface area contributed by atoms with Crippen molar-refractivity contribution in [2.45, 2.75) is 4.90 Å². The number of hydrogen-bond acceptors (Lipinski definition) is 4. The summed E-state index contributed by atoms with van der Waals surface area (Å²) in [7, 11) is -4.23. The third kappa shape index (κ3) is 3.34. The summed E-state index contributed by atoms with van der Waals surface area (Å²) in [5, 5.41) is 8.75. The minimum Gasteiger partial charge on any atom is -0.478 e. The lowest BCUT2D eigenvalue weighted by molar-refractivity contribution is 0.0697. The second kappa shape index (κ2) is 5.32. The van der Waals surface area contributed by atoms with E-state index >= 15 is 0 Å².